The minimum atomic E-state index is -0.531. The molecule has 0 aliphatic carbocycles. The van der Waals surface area contributed by atoms with Crippen molar-refractivity contribution in [2.24, 2.45) is 0 Å². The van der Waals surface area contributed by atoms with E-state index in [2.05, 4.69) is 5.10 Å². The first kappa shape index (κ1) is 15.5. The lowest BCUT2D eigenvalue weighted by atomic mass is 10.1. The number of nitrogens with zero attached hydrogens (tertiary/aromatic N) is 2. The molecule has 2 rings (SSSR count). The molecular formula is C15H16ClFN2O2. The van der Waals surface area contributed by atoms with Crippen LogP contribution in [0.5, 0.6) is 0 Å². The standard InChI is InChI=1S/C15H16ClFN2O2/c1-4-21-15(20)11-8-18-19(14(11)9(2)3)10-5-6-12(16)13(17)7-10/h5-9H,4H2,1-3H3. The summed E-state index contributed by atoms with van der Waals surface area (Å²) in [4.78, 5) is 12.0. The van der Waals surface area contributed by atoms with Gasteiger partial charge in [0.15, 0.2) is 0 Å². The number of aromatic nitrogens is 2. The first-order valence-corrected chi connectivity index (χ1v) is 7.04. The molecule has 0 unspecified atom stereocenters. The fourth-order valence-electron chi connectivity index (χ4n) is 2.10. The molecule has 0 aliphatic heterocycles. The fourth-order valence-corrected chi connectivity index (χ4v) is 2.22. The van der Waals surface area contributed by atoms with Crippen molar-refractivity contribution in [1.29, 1.82) is 0 Å². The highest BCUT2D eigenvalue weighted by molar-refractivity contribution is 6.30. The van der Waals surface area contributed by atoms with Gasteiger partial charge in [0.2, 0.25) is 0 Å². The van der Waals surface area contributed by atoms with Gasteiger partial charge in [-0.15, -0.1) is 0 Å². The Hall–Kier alpha value is -1.88. The SMILES string of the molecule is CCOC(=O)c1cnn(-c2ccc(Cl)c(F)c2)c1C(C)C. The van der Waals surface area contributed by atoms with Crippen molar-refractivity contribution in [3.63, 3.8) is 0 Å². The minimum absolute atomic E-state index is 0.0191. The molecule has 0 atom stereocenters. The predicted molar refractivity (Wildman–Crippen MR) is 78.6 cm³/mol. The van der Waals surface area contributed by atoms with Gasteiger partial charge in [-0.05, 0) is 25.0 Å². The Morgan fingerprint density at radius 1 is 1.48 bits per heavy atom. The summed E-state index contributed by atoms with van der Waals surface area (Å²) < 4.78 is 20.2. The van der Waals surface area contributed by atoms with E-state index in [1.54, 1.807) is 13.0 Å². The van der Waals surface area contributed by atoms with Gasteiger partial charge in [0.1, 0.15) is 11.4 Å². The molecule has 1 aromatic heterocycles. The molecule has 0 radical (unpaired) electrons. The van der Waals surface area contributed by atoms with Crippen LogP contribution < -0.4 is 0 Å². The molecule has 2 aromatic rings. The van der Waals surface area contributed by atoms with Gasteiger partial charge < -0.3 is 4.74 Å². The van der Waals surface area contributed by atoms with Crippen LogP contribution in [0.25, 0.3) is 5.69 Å². The number of halogens is 2. The van der Waals surface area contributed by atoms with Crippen molar-refractivity contribution in [3.8, 4) is 5.69 Å². The van der Waals surface area contributed by atoms with E-state index in [-0.39, 0.29) is 17.5 Å². The highest BCUT2D eigenvalue weighted by atomic mass is 35.5. The van der Waals surface area contributed by atoms with E-state index in [1.807, 2.05) is 13.8 Å². The van der Waals surface area contributed by atoms with E-state index < -0.39 is 11.8 Å². The Morgan fingerprint density at radius 3 is 2.76 bits per heavy atom. The third-order valence-corrected chi connectivity index (χ3v) is 3.30. The number of ether oxygens (including phenoxy) is 1. The van der Waals surface area contributed by atoms with Crippen molar-refractivity contribution in [2.75, 3.05) is 6.61 Å². The number of hydrogen-bond acceptors (Lipinski definition) is 3. The van der Waals surface area contributed by atoms with E-state index in [4.69, 9.17) is 16.3 Å². The van der Waals surface area contributed by atoms with Gasteiger partial charge >= 0.3 is 5.97 Å². The summed E-state index contributed by atoms with van der Waals surface area (Å²) in [6.45, 7) is 5.90. The van der Waals surface area contributed by atoms with Crippen molar-refractivity contribution in [3.05, 3.63) is 46.5 Å². The Kier molecular flexibility index (Phi) is 4.63. The maximum Gasteiger partial charge on any atom is 0.341 e. The maximum absolute atomic E-state index is 13.6. The highest BCUT2D eigenvalue weighted by Crippen LogP contribution is 2.25. The highest BCUT2D eigenvalue weighted by Gasteiger charge is 2.22. The normalized spacial score (nSPS) is 11.0. The summed E-state index contributed by atoms with van der Waals surface area (Å²) in [5.41, 5.74) is 1.58. The predicted octanol–water partition coefficient (Wildman–Crippen LogP) is 3.96. The Balaban J connectivity index is 2.54. The second-order valence-corrected chi connectivity index (χ2v) is 5.24. The second-order valence-electron chi connectivity index (χ2n) is 4.83. The summed E-state index contributed by atoms with van der Waals surface area (Å²) >= 11 is 5.69. The van der Waals surface area contributed by atoms with Crippen molar-refractivity contribution in [1.82, 2.24) is 9.78 Å². The molecule has 4 nitrogen and oxygen atoms in total. The Bertz CT molecular complexity index is 668. The number of benzene rings is 1. The molecule has 0 N–H and O–H groups in total. The molecule has 0 saturated carbocycles. The monoisotopic (exact) mass is 310 g/mol. The lowest BCUT2D eigenvalue weighted by molar-refractivity contribution is 0.0524. The van der Waals surface area contributed by atoms with Crippen LogP contribution in [0.15, 0.2) is 24.4 Å². The number of carbonyl (C=O) groups excluding carboxylic acids is 1. The molecule has 0 amide bonds. The molecule has 1 aromatic carbocycles. The quantitative estimate of drug-likeness (QED) is 0.803. The Labute approximate surface area is 127 Å². The van der Waals surface area contributed by atoms with Crippen molar-refractivity contribution >= 4 is 17.6 Å². The maximum atomic E-state index is 13.6. The third kappa shape index (κ3) is 3.08. The minimum Gasteiger partial charge on any atom is -0.462 e. The van der Waals surface area contributed by atoms with Gasteiger partial charge in [0.25, 0.3) is 0 Å². The molecule has 0 fully saturated rings. The van der Waals surface area contributed by atoms with Gasteiger partial charge in [-0.25, -0.2) is 13.9 Å². The summed E-state index contributed by atoms with van der Waals surface area (Å²) in [7, 11) is 0. The number of carbonyl (C=O) groups is 1. The summed E-state index contributed by atoms with van der Waals surface area (Å²) in [6.07, 6.45) is 1.44. The lowest BCUT2D eigenvalue weighted by Crippen LogP contribution is -2.11. The average Bonchev–Trinajstić information content (AvgIpc) is 2.87. The number of rotatable bonds is 4. The zero-order chi connectivity index (χ0) is 15.6. The summed E-state index contributed by atoms with van der Waals surface area (Å²) in [6, 6.07) is 4.40. The molecule has 0 bridgehead atoms. The van der Waals surface area contributed by atoms with Crippen LogP contribution in [0.3, 0.4) is 0 Å². The van der Waals surface area contributed by atoms with Crippen LogP contribution in [0.4, 0.5) is 4.39 Å². The lowest BCUT2D eigenvalue weighted by Gasteiger charge is -2.12. The zero-order valence-electron chi connectivity index (χ0n) is 12.1. The topological polar surface area (TPSA) is 44.1 Å². The van der Waals surface area contributed by atoms with Gasteiger partial charge in [0.05, 0.1) is 29.2 Å². The second kappa shape index (κ2) is 6.26. The Morgan fingerprint density at radius 2 is 2.19 bits per heavy atom. The van der Waals surface area contributed by atoms with Crippen LogP contribution in [0.2, 0.25) is 5.02 Å². The van der Waals surface area contributed by atoms with E-state index in [0.717, 1.165) is 0 Å². The first-order chi connectivity index (χ1) is 9.95. The van der Waals surface area contributed by atoms with Gasteiger partial charge in [-0.2, -0.15) is 5.10 Å². The fraction of sp³-hybridized carbons (Fsp3) is 0.333. The van der Waals surface area contributed by atoms with Gasteiger partial charge in [-0.1, -0.05) is 25.4 Å². The smallest absolute Gasteiger partial charge is 0.341 e. The number of esters is 1. The van der Waals surface area contributed by atoms with Crippen LogP contribution in [-0.4, -0.2) is 22.4 Å². The van der Waals surface area contributed by atoms with E-state index in [9.17, 15) is 9.18 Å². The molecule has 0 saturated heterocycles. The summed E-state index contributed by atoms with van der Waals surface area (Å²) in [5, 5.41) is 4.23. The number of hydrogen-bond donors (Lipinski definition) is 0. The van der Waals surface area contributed by atoms with E-state index >= 15 is 0 Å². The third-order valence-electron chi connectivity index (χ3n) is 3.00. The van der Waals surface area contributed by atoms with Crippen LogP contribution in [0.1, 0.15) is 42.7 Å². The molecular weight excluding hydrogens is 295 g/mol. The molecule has 1 heterocycles. The van der Waals surface area contributed by atoms with Crippen molar-refractivity contribution < 1.29 is 13.9 Å². The van der Waals surface area contributed by atoms with Gasteiger partial charge in [-0.3, -0.25) is 0 Å². The van der Waals surface area contributed by atoms with Crippen LogP contribution >= 0.6 is 11.6 Å². The van der Waals surface area contributed by atoms with Crippen LogP contribution in [-0.2, 0) is 4.74 Å². The van der Waals surface area contributed by atoms with E-state index in [1.165, 1.54) is 23.0 Å². The first-order valence-electron chi connectivity index (χ1n) is 6.66. The molecule has 112 valence electrons. The van der Waals surface area contributed by atoms with E-state index in [0.29, 0.717) is 16.9 Å². The summed E-state index contributed by atoms with van der Waals surface area (Å²) in [5.74, 6) is -0.940. The largest absolute Gasteiger partial charge is 0.462 e. The molecule has 6 heteroatoms. The van der Waals surface area contributed by atoms with Crippen LogP contribution in [0, 0.1) is 5.82 Å². The molecule has 21 heavy (non-hydrogen) atoms. The molecule has 0 aliphatic rings. The average molecular weight is 311 g/mol. The molecule has 0 spiro atoms. The zero-order valence-corrected chi connectivity index (χ0v) is 12.8. The van der Waals surface area contributed by atoms with Crippen molar-refractivity contribution in [2.45, 2.75) is 26.7 Å². The van der Waals surface area contributed by atoms with Gasteiger partial charge in [0, 0.05) is 6.07 Å².